The number of anilines is 2. The van der Waals surface area contributed by atoms with Gasteiger partial charge in [0.25, 0.3) is 11.8 Å². The lowest BCUT2D eigenvalue weighted by atomic mass is 10.1. The lowest BCUT2D eigenvalue weighted by molar-refractivity contribution is -0.116. The van der Waals surface area contributed by atoms with Crippen LogP contribution >= 0.6 is 62.2 Å². The van der Waals surface area contributed by atoms with Crippen molar-refractivity contribution in [3.63, 3.8) is 0 Å². The SMILES string of the molecule is CCC(Sc1cccc(NC(=O)/C(=C\c2c(Cl)cccc2Cl)NC(=O)c2ccccc2)c1)C(=O)Nc1nc(-c2ccc(Br)cc2)cs1. The van der Waals surface area contributed by atoms with Gasteiger partial charge in [-0.05, 0) is 67.1 Å². The van der Waals surface area contributed by atoms with Crippen LogP contribution < -0.4 is 16.0 Å². The van der Waals surface area contributed by atoms with Crippen molar-refractivity contribution >= 4 is 96.8 Å². The standard InChI is InChI=1S/C35H27BrCl2N4O3S2/c1-2-31(34(45)42-35-41-30(20-46-35)21-14-16-23(36)17-15-21)47-25-11-6-10-24(18-25)39-33(44)29(19-26-27(37)12-7-13-28(26)38)40-32(43)22-8-4-3-5-9-22/h3-20,31H,2H2,1H3,(H,39,44)(H,40,43)(H,41,42,45)/b29-19+. The van der Waals surface area contributed by atoms with Gasteiger partial charge in [-0.2, -0.15) is 0 Å². The number of carbonyl (C=O) groups is 3. The Morgan fingerprint density at radius 1 is 0.915 bits per heavy atom. The van der Waals surface area contributed by atoms with E-state index in [1.807, 2.05) is 42.6 Å². The summed E-state index contributed by atoms with van der Waals surface area (Å²) in [7, 11) is 0. The average Bonchev–Trinajstić information content (AvgIpc) is 3.53. The first-order chi connectivity index (χ1) is 22.7. The highest BCUT2D eigenvalue weighted by molar-refractivity contribution is 9.10. The fraction of sp³-hybridized carbons (Fsp3) is 0.0857. The van der Waals surface area contributed by atoms with Crippen molar-refractivity contribution in [3.05, 3.63) is 134 Å². The van der Waals surface area contributed by atoms with Gasteiger partial charge in [0.2, 0.25) is 5.91 Å². The summed E-state index contributed by atoms with van der Waals surface area (Å²) >= 11 is 18.9. The molecule has 0 radical (unpaired) electrons. The van der Waals surface area contributed by atoms with Crippen LogP contribution in [0.4, 0.5) is 10.8 Å². The van der Waals surface area contributed by atoms with Gasteiger partial charge in [-0.1, -0.05) is 88.5 Å². The maximum atomic E-state index is 13.6. The summed E-state index contributed by atoms with van der Waals surface area (Å²) in [5, 5.41) is 11.1. The molecule has 5 aromatic rings. The fourth-order valence-electron chi connectivity index (χ4n) is 4.34. The molecular weight excluding hydrogens is 739 g/mol. The number of hydrogen-bond acceptors (Lipinski definition) is 6. The van der Waals surface area contributed by atoms with Crippen LogP contribution in [0.2, 0.25) is 10.0 Å². The third kappa shape index (κ3) is 9.33. The number of thiazole rings is 1. The number of aromatic nitrogens is 1. The molecule has 0 aliphatic rings. The Kier molecular flexibility index (Phi) is 11.9. The number of halogens is 3. The van der Waals surface area contributed by atoms with E-state index in [4.69, 9.17) is 23.2 Å². The van der Waals surface area contributed by atoms with E-state index in [1.165, 1.54) is 29.2 Å². The fourth-order valence-corrected chi connectivity index (χ4v) is 6.84. The van der Waals surface area contributed by atoms with Gasteiger partial charge in [0, 0.05) is 47.2 Å². The van der Waals surface area contributed by atoms with E-state index in [0.717, 1.165) is 20.6 Å². The van der Waals surface area contributed by atoms with Gasteiger partial charge in [0.15, 0.2) is 5.13 Å². The highest BCUT2D eigenvalue weighted by atomic mass is 79.9. The van der Waals surface area contributed by atoms with Gasteiger partial charge in [-0.3, -0.25) is 14.4 Å². The lowest BCUT2D eigenvalue weighted by Gasteiger charge is -2.15. The maximum absolute atomic E-state index is 13.6. The van der Waals surface area contributed by atoms with Gasteiger partial charge >= 0.3 is 0 Å². The molecule has 47 heavy (non-hydrogen) atoms. The zero-order valence-electron chi connectivity index (χ0n) is 24.8. The van der Waals surface area contributed by atoms with Crippen LogP contribution in [0, 0.1) is 0 Å². The van der Waals surface area contributed by atoms with E-state index in [-0.39, 0.29) is 11.6 Å². The number of hydrogen-bond donors (Lipinski definition) is 3. The van der Waals surface area contributed by atoms with E-state index in [9.17, 15) is 14.4 Å². The van der Waals surface area contributed by atoms with Crippen molar-refractivity contribution in [3.8, 4) is 11.3 Å². The minimum Gasteiger partial charge on any atom is -0.321 e. The summed E-state index contributed by atoms with van der Waals surface area (Å²) in [5.74, 6) is -1.22. The predicted molar refractivity (Wildman–Crippen MR) is 197 cm³/mol. The van der Waals surface area contributed by atoms with E-state index < -0.39 is 17.1 Å². The van der Waals surface area contributed by atoms with Crippen molar-refractivity contribution in [2.45, 2.75) is 23.5 Å². The second-order valence-corrected chi connectivity index (χ2v) is 13.9. The Morgan fingerprint density at radius 3 is 2.32 bits per heavy atom. The summed E-state index contributed by atoms with van der Waals surface area (Å²) < 4.78 is 0.977. The number of benzene rings is 4. The van der Waals surface area contributed by atoms with Gasteiger partial charge in [-0.25, -0.2) is 4.98 Å². The van der Waals surface area contributed by atoms with E-state index >= 15 is 0 Å². The molecule has 1 unspecified atom stereocenters. The molecule has 0 aliphatic heterocycles. The molecule has 7 nitrogen and oxygen atoms in total. The maximum Gasteiger partial charge on any atom is 0.272 e. The number of nitrogens with one attached hydrogen (secondary N) is 3. The highest BCUT2D eigenvalue weighted by Gasteiger charge is 2.21. The lowest BCUT2D eigenvalue weighted by Crippen LogP contribution is -2.30. The first kappa shape index (κ1) is 34.4. The van der Waals surface area contributed by atoms with Crippen molar-refractivity contribution in [2.75, 3.05) is 10.6 Å². The molecule has 1 heterocycles. The van der Waals surface area contributed by atoms with Crippen LogP contribution in [0.3, 0.4) is 0 Å². The Bertz CT molecular complexity index is 1910. The van der Waals surface area contributed by atoms with Crippen LogP contribution in [0.15, 0.2) is 118 Å². The van der Waals surface area contributed by atoms with Crippen molar-refractivity contribution in [1.29, 1.82) is 0 Å². The first-order valence-electron chi connectivity index (χ1n) is 14.3. The Hall–Kier alpha value is -3.93. The molecule has 0 saturated heterocycles. The van der Waals surface area contributed by atoms with Gasteiger partial charge in [0.05, 0.1) is 10.9 Å². The monoisotopic (exact) mass is 764 g/mol. The Morgan fingerprint density at radius 2 is 1.62 bits per heavy atom. The smallest absolute Gasteiger partial charge is 0.272 e. The molecule has 0 spiro atoms. The molecule has 3 N–H and O–H groups in total. The third-order valence-electron chi connectivity index (χ3n) is 6.72. The molecular formula is C35H27BrCl2N4O3S2. The molecule has 1 atom stereocenters. The van der Waals surface area contributed by atoms with Crippen molar-refractivity contribution in [2.24, 2.45) is 0 Å². The minimum absolute atomic E-state index is 0.0522. The van der Waals surface area contributed by atoms with E-state index in [2.05, 4.69) is 36.9 Å². The number of rotatable bonds is 11. The summed E-state index contributed by atoms with van der Waals surface area (Å²) in [5.41, 5.74) is 2.92. The average molecular weight is 767 g/mol. The van der Waals surface area contributed by atoms with E-state index in [1.54, 1.807) is 66.7 Å². The van der Waals surface area contributed by atoms with Gasteiger partial charge in [-0.15, -0.1) is 23.1 Å². The molecule has 4 aromatic carbocycles. The summed E-state index contributed by atoms with van der Waals surface area (Å²) in [6, 6.07) is 28.5. The molecule has 12 heteroatoms. The molecule has 5 rings (SSSR count). The Balaban J connectivity index is 1.29. The Labute approximate surface area is 298 Å². The molecule has 238 valence electrons. The molecule has 3 amide bonds. The molecule has 0 bridgehead atoms. The topological polar surface area (TPSA) is 100 Å². The second kappa shape index (κ2) is 16.3. The molecule has 0 fully saturated rings. The van der Waals surface area contributed by atoms with Crippen LogP contribution in [0.25, 0.3) is 17.3 Å². The normalized spacial score (nSPS) is 11.9. The zero-order valence-corrected chi connectivity index (χ0v) is 29.5. The third-order valence-corrected chi connectivity index (χ3v) is 10.0. The quantitative estimate of drug-likeness (QED) is 0.0919. The van der Waals surface area contributed by atoms with Crippen LogP contribution in [0.5, 0.6) is 0 Å². The number of amides is 3. The molecule has 0 aliphatic carbocycles. The van der Waals surface area contributed by atoms with Gasteiger partial charge < -0.3 is 16.0 Å². The highest BCUT2D eigenvalue weighted by Crippen LogP contribution is 2.31. The van der Waals surface area contributed by atoms with Crippen LogP contribution in [-0.4, -0.2) is 28.0 Å². The minimum atomic E-state index is -0.581. The van der Waals surface area contributed by atoms with Crippen LogP contribution in [0.1, 0.15) is 29.3 Å². The van der Waals surface area contributed by atoms with Crippen molar-refractivity contribution < 1.29 is 14.4 Å². The second-order valence-electron chi connectivity index (χ2n) is 10.0. The van der Waals surface area contributed by atoms with Crippen molar-refractivity contribution in [1.82, 2.24) is 10.3 Å². The zero-order chi connectivity index (χ0) is 33.3. The summed E-state index contributed by atoms with van der Waals surface area (Å²) in [4.78, 5) is 45.2. The summed E-state index contributed by atoms with van der Waals surface area (Å²) in [6.45, 7) is 1.93. The van der Waals surface area contributed by atoms with Gasteiger partial charge in [0.1, 0.15) is 5.70 Å². The van der Waals surface area contributed by atoms with E-state index in [0.29, 0.717) is 38.4 Å². The number of nitrogens with zero attached hydrogens (tertiary/aromatic N) is 1. The number of thioether (sulfide) groups is 1. The first-order valence-corrected chi connectivity index (χ1v) is 17.6. The summed E-state index contributed by atoms with van der Waals surface area (Å²) in [6.07, 6.45) is 2.01. The molecule has 0 saturated carbocycles. The number of carbonyl (C=O) groups excluding carboxylic acids is 3. The predicted octanol–water partition coefficient (Wildman–Crippen LogP) is 9.80. The molecule has 1 aromatic heterocycles. The van der Waals surface area contributed by atoms with Crippen LogP contribution in [-0.2, 0) is 9.59 Å². The largest absolute Gasteiger partial charge is 0.321 e.